The fourth-order valence-electron chi connectivity index (χ4n) is 3.28. The lowest BCUT2D eigenvalue weighted by Crippen LogP contribution is -2.30. The molecule has 0 amide bonds. The molecule has 106 valence electrons. The Bertz CT molecular complexity index is 813. The van der Waals surface area contributed by atoms with E-state index < -0.39 is 0 Å². The van der Waals surface area contributed by atoms with Crippen LogP contribution in [0.25, 0.3) is 11.0 Å². The molecule has 1 atom stereocenters. The Labute approximate surface area is 121 Å². The van der Waals surface area contributed by atoms with Crippen LogP contribution < -0.4 is 5.32 Å². The van der Waals surface area contributed by atoms with E-state index in [0.29, 0.717) is 6.04 Å². The van der Waals surface area contributed by atoms with Crippen molar-refractivity contribution in [3.05, 3.63) is 42.0 Å². The van der Waals surface area contributed by atoms with Crippen LogP contribution in [-0.2, 0) is 13.0 Å². The summed E-state index contributed by atoms with van der Waals surface area (Å²) in [7, 11) is 0. The van der Waals surface area contributed by atoms with Gasteiger partial charge in [0.1, 0.15) is 11.3 Å². The molecular formula is C15H16N6. The molecule has 3 aromatic rings. The first-order valence-corrected chi connectivity index (χ1v) is 7.46. The van der Waals surface area contributed by atoms with Crippen LogP contribution in [0.15, 0.2) is 24.8 Å². The zero-order valence-corrected chi connectivity index (χ0v) is 11.6. The fourth-order valence-corrected chi connectivity index (χ4v) is 3.28. The normalized spacial score (nSPS) is 21.6. The van der Waals surface area contributed by atoms with Crippen molar-refractivity contribution in [3.8, 4) is 0 Å². The zero-order valence-electron chi connectivity index (χ0n) is 11.6. The lowest BCUT2D eigenvalue weighted by molar-refractivity contribution is 0.451. The van der Waals surface area contributed by atoms with Gasteiger partial charge >= 0.3 is 0 Å². The molecule has 5 rings (SSSR count). The van der Waals surface area contributed by atoms with E-state index in [-0.39, 0.29) is 6.04 Å². The SMILES string of the molecule is c1cc2c(cn1)nc(C1Cc3nc[nH]c3CN1)n2C1CC1. The van der Waals surface area contributed by atoms with Gasteiger partial charge in [0.25, 0.3) is 0 Å². The third-order valence-electron chi connectivity index (χ3n) is 4.47. The molecule has 4 heterocycles. The zero-order chi connectivity index (χ0) is 13.8. The van der Waals surface area contributed by atoms with Crippen LogP contribution in [0.1, 0.15) is 42.1 Å². The number of H-pyrrole nitrogens is 1. The summed E-state index contributed by atoms with van der Waals surface area (Å²) in [6.45, 7) is 0.826. The smallest absolute Gasteiger partial charge is 0.127 e. The molecule has 1 fully saturated rings. The second-order valence-corrected chi connectivity index (χ2v) is 5.90. The molecule has 1 saturated carbocycles. The number of hydrogen-bond acceptors (Lipinski definition) is 4. The summed E-state index contributed by atoms with van der Waals surface area (Å²) in [6.07, 6.45) is 8.89. The third-order valence-corrected chi connectivity index (χ3v) is 4.47. The van der Waals surface area contributed by atoms with E-state index in [9.17, 15) is 0 Å². The van der Waals surface area contributed by atoms with E-state index in [4.69, 9.17) is 4.98 Å². The second kappa shape index (κ2) is 4.14. The van der Waals surface area contributed by atoms with Crippen LogP contribution in [0, 0.1) is 0 Å². The van der Waals surface area contributed by atoms with Crippen molar-refractivity contribution in [1.29, 1.82) is 0 Å². The second-order valence-electron chi connectivity index (χ2n) is 5.90. The molecule has 0 spiro atoms. The summed E-state index contributed by atoms with van der Waals surface area (Å²) >= 11 is 0. The highest BCUT2D eigenvalue weighted by atomic mass is 15.2. The van der Waals surface area contributed by atoms with E-state index in [2.05, 4.69) is 30.9 Å². The van der Waals surface area contributed by atoms with Crippen molar-refractivity contribution in [2.45, 2.75) is 37.9 Å². The average molecular weight is 280 g/mol. The molecule has 6 heteroatoms. The molecule has 2 N–H and O–H groups in total. The van der Waals surface area contributed by atoms with Gasteiger partial charge < -0.3 is 14.9 Å². The molecular weight excluding hydrogens is 264 g/mol. The van der Waals surface area contributed by atoms with Gasteiger partial charge in [0, 0.05) is 25.2 Å². The Morgan fingerprint density at radius 2 is 2.24 bits per heavy atom. The standard InChI is InChI=1S/C15H16N6/c1-2-9(1)21-14-3-4-16-6-13(14)20-15(21)11-5-10-12(7-17-11)19-8-18-10/h3-4,6,8-9,11,17H,1-2,5,7H2,(H,18,19). The van der Waals surface area contributed by atoms with Gasteiger partial charge in [-0.25, -0.2) is 9.97 Å². The Morgan fingerprint density at radius 1 is 1.29 bits per heavy atom. The molecule has 0 aromatic carbocycles. The highest BCUT2D eigenvalue weighted by molar-refractivity contribution is 5.75. The van der Waals surface area contributed by atoms with Crippen molar-refractivity contribution in [3.63, 3.8) is 0 Å². The van der Waals surface area contributed by atoms with Gasteiger partial charge in [-0.3, -0.25) is 4.98 Å². The summed E-state index contributed by atoms with van der Waals surface area (Å²) in [5.41, 5.74) is 4.56. The summed E-state index contributed by atoms with van der Waals surface area (Å²) < 4.78 is 2.41. The molecule has 21 heavy (non-hydrogen) atoms. The molecule has 1 aliphatic heterocycles. The molecule has 0 saturated heterocycles. The number of pyridine rings is 1. The number of rotatable bonds is 2. The summed E-state index contributed by atoms with van der Waals surface area (Å²) in [5.74, 6) is 1.13. The highest BCUT2D eigenvalue weighted by Crippen LogP contribution is 2.40. The summed E-state index contributed by atoms with van der Waals surface area (Å²) in [6, 6.07) is 2.91. The molecule has 0 bridgehead atoms. The monoisotopic (exact) mass is 280 g/mol. The van der Waals surface area contributed by atoms with Gasteiger partial charge in [-0.1, -0.05) is 0 Å². The molecule has 6 nitrogen and oxygen atoms in total. The fraction of sp³-hybridized carbons (Fsp3) is 0.400. The maximum atomic E-state index is 4.85. The molecule has 0 radical (unpaired) electrons. The van der Waals surface area contributed by atoms with Crippen molar-refractivity contribution < 1.29 is 0 Å². The van der Waals surface area contributed by atoms with E-state index in [1.807, 2.05) is 12.4 Å². The van der Waals surface area contributed by atoms with Crippen molar-refractivity contribution in [1.82, 2.24) is 29.8 Å². The summed E-state index contributed by atoms with van der Waals surface area (Å²) in [4.78, 5) is 16.7. The van der Waals surface area contributed by atoms with Gasteiger partial charge in [0.15, 0.2) is 0 Å². The first-order chi connectivity index (χ1) is 10.4. The third kappa shape index (κ3) is 1.72. The molecule has 3 aromatic heterocycles. The number of aromatic amines is 1. The van der Waals surface area contributed by atoms with E-state index in [1.54, 1.807) is 6.33 Å². The van der Waals surface area contributed by atoms with Crippen LogP contribution in [0.3, 0.4) is 0 Å². The summed E-state index contributed by atoms with van der Waals surface area (Å²) in [5, 5.41) is 3.59. The minimum absolute atomic E-state index is 0.230. The average Bonchev–Trinajstić information content (AvgIpc) is 3.12. The Hall–Kier alpha value is -2.21. The Morgan fingerprint density at radius 3 is 3.14 bits per heavy atom. The van der Waals surface area contributed by atoms with E-state index in [0.717, 1.165) is 30.0 Å². The van der Waals surface area contributed by atoms with Crippen LogP contribution in [0.5, 0.6) is 0 Å². The first-order valence-electron chi connectivity index (χ1n) is 7.46. The first kappa shape index (κ1) is 11.4. The van der Waals surface area contributed by atoms with Crippen molar-refractivity contribution >= 4 is 11.0 Å². The van der Waals surface area contributed by atoms with Crippen molar-refractivity contribution in [2.24, 2.45) is 0 Å². The van der Waals surface area contributed by atoms with Gasteiger partial charge in [-0.05, 0) is 18.9 Å². The van der Waals surface area contributed by atoms with Gasteiger partial charge in [0.2, 0.25) is 0 Å². The van der Waals surface area contributed by atoms with Crippen molar-refractivity contribution in [2.75, 3.05) is 0 Å². The number of hydrogen-bond donors (Lipinski definition) is 2. The lowest BCUT2D eigenvalue weighted by Gasteiger charge is -2.23. The quantitative estimate of drug-likeness (QED) is 0.752. The molecule has 1 unspecified atom stereocenters. The maximum Gasteiger partial charge on any atom is 0.127 e. The topological polar surface area (TPSA) is 71.4 Å². The predicted molar refractivity (Wildman–Crippen MR) is 77.7 cm³/mol. The van der Waals surface area contributed by atoms with Gasteiger partial charge in [-0.2, -0.15) is 0 Å². The number of fused-ring (bicyclic) bond motifs is 2. The van der Waals surface area contributed by atoms with E-state index >= 15 is 0 Å². The lowest BCUT2D eigenvalue weighted by atomic mass is 10.0. The minimum Gasteiger partial charge on any atom is -0.347 e. The van der Waals surface area contributed by atoms with Gasteiger partial charge in [-0.15, -0.1) is 0 Å². The number of nitrogens with zero attached hydrogens (tertiary/aromatic N) is 4. The van der Waals surface area contributed by atoms with Crippen LogP contribution in [0.2, 0.25) is 0 Å². The minimum atomic E-state index is 0.230. The Kier molecular flexibility index (Phi) is 2.26. The highest BCUT2D eigenvalue weighted by Gasteiger charge is 2.32. The van der Waals surface area contributed by atoms with Crippen LogP contribution in [-0.4, -0.2) is 24.5 Å². The van der Waals surface area contributed by atoms with E-state index in [1.165, 1.54) is 24.1 Å². The number of aromatic nitrogens is 5. The molecule has 2 aliphatic rings. The van der Waals surface area contributed by atoms with Crippen LogP contribution >= 0.6 is 0 Å². The number of nitrogens with one attached hydrogen (secondary N) is 2. The van der Waals surface area contributed by atoms with Gasteiger partial charge in [0.05, 0.1) is 35.5 Å². The largest absolute Gasteiger partial charge is 0.347 e. The van der Waals surface area contributed by atoms with Crippen LogP contribution in [0.4, 0.5) is 0 Å². The molecule has 1 aliphatic carbocycles. The maximum absolute atomic E-state index is 4.85. The predicted octanol–water partition coefficient (Wildman–Crippen LogP) is 1.88. The number of imidazole rings is 2. The Balaban J connectivity index is 1.63.